The minimum absolute atomic E-state index is 0.178. The van der Waals surface area contributed by atoms with Gasteiger partial charge in [-0.3, -0.25) is 14.5 Å². The number of para-hydroxylation sites is 2. The molecule has 2 unspecified atom stereocenters. The summed E-state index contributed by atoms with van der Waals surface area (Å²) in [6.07, 6.45) is 9.62. The molecular weight excluding hydrogens is 440 g/mol. The van der Waals surface area contributed by atoms with Crippen LogP contribution in [-0.4, -0.2) is 46.2 Å². The second-order valence-corrected chi connectivity index (χ2v) is 10.2. The van der Waals surface area contributed by atoms with E-state index in [1.165, 1.54) is 5.56 Å². The number of hydrogen-bond donors (Lipinski definition) is 1. The minimum atomic E-state index is -1.13. The maximum atomic E-state index is 11.1. The molecule has 0 aliphatic heterocycles. The normalized spacial score (nSPS) is 17.1. The molecule has 3 aromatic heterocycles. The maximum Gasteiger partial charge on any atom is 0.243 e. The molecule has 1 N–H and O–H groups in total. The van der Waals surface area contributed by atoms with E-state index in [9.17, 15) is 5.11 Å². The van der Waals surface area contributed by atoms with Crippen LogP contribution in [0.3, 0.4) is 0 Å². The number of aliphatic hydroxyl groups excluding tert-OH is 1. The Kier molecular flexibility index (Phi) is 6.69. The van der Waals surface area contributed by atoms with Crippen LogP contribution in [0.5, 0.6) is 0 Å². The van der Waals surface area contributed by atoms with Gasteiger partial charge in [-0.15, -0.1) is 0 Å². The van der Waals surface area contributed by atoms with Crippen molar-refractivity contribution < 1.29 is 9.84 Å². The number of hydrogen-bond acceptors (Lipinski definition) is 6. The summed E-state index contributed by atoms with van der Waals surface area (Å²) in [5.74, 6) is 0.775. The van der Waals surface area contributed by atoms with Crippen LogP contribution in [0, 0.1) is 0 Å². The predicted octanol–water partition coefficient (Wildman–Crippen LogP) is 4.47. The van der Waals surface area contributed by atoms with Crippen molar-refractivity contribution in [3.05, 3.63) is 78.4 Å². The summed E-state index contributed by atoms with van der Waals surface area (Å²) in [7, 11) is 0. The molecule has 0 radical (unpaired) electrons. The van der Waals surface area contributed by atoms with E-state index in [1.807, 2.05) is 74.4 Å². The number of ether oxygens (including phenoxy) is 1. The van der Waals surface area contributed by atoms with Crippen molar-refractivity contribution in [2.24, 2.45) is 0 Å². The number of nitrogens with zero attached hydrogens (tertiary/aromatic N) is 6. The van der Waals surface area contributed by atoms with Gasteiger partial charge in [-0.25, -0.2) is 9.97 Å². The number of rotatable bonds is 8. The van der Waals surface area contributed by atoms with E-state index >= 15 is 0 Å². The maximum absolute atomic E-state index is 11.1. The Balaban J connectivity index is 1.52. The van der Waals surface area contributed by atoms with Crippen LogP contribution in [-0.2, 0) is 24.2 Å². The van der Waals surface area contributed by atoms with Gasteiger partial charge in [-0.05, 0) is 63.8 Å². The van der Waals surface area contributed by atoms with Gasteiger partial charge in [-0.1, -0.05) is 18.2 Å². The zero-order valence-electron chi connectivity index (χ0n) is 20.7. The third-order valence-electron chi connectivity index (χ3n) is 6.50. The molecule has 35 heavy (non-hydrogen) atoms. The standard InChI is InChI=1S/C27H34N6O2/c1-27(2,3)35-26(34)33-22-11-5-4-10-21(22)30-24(33)18-32(17-16-31-15-14-28-19-31)23-12-6-8-20-9-7-13-29-25(20)23/h4-5,7,9-11,13-15,19,23,26,34H,6,8,12,16-18H2,1-3H3. The summed E-state index contributed by atoms with van der Waals surface area (Å²) in [5, 5.41) is 11.1. The Morgan fingerprint density at radius 2 is 2.03 bits per heavy atom. The lowest BCUT2D eigenvalue weighted by Gasteiger charge is -2.35. The van der Waals surface area contributed by atoms with E-state index in [-0.39, 0.29) is 6.04 Å². The van der Waals surface area contributed by atoms with Gasteiger partial charge in [0, 0.05) is 31.7 Å². The van der Waals surface area contributed by atoms with Crippen molar-refractivity contribution in [2.45, 2.75) is 71.2 Å². The summed E-state index contributed by atoms with van der Waals surface area (Å²) in [6.45, 7) is 8.00. The summed E-state index contributed by atoms with van der Waals surface area (Å²) >= 11 is 0. The molecule has 2 atom stereocenters. The van der Waals surface area contributed by atoms with Crippen LogP contribution < -0.4 is 0 Å². The lowest BCUT2D eigenvalue weighted by atomic mass is 9.90. The largest absolute Gasteiger partial charge is 0.351 e. The zero-order valence-corrected chi connectivity index (χ0v) is 20.7. The third kappa shape index (κ3) is 5.29. The molecule has 0 fully saturated rings. The molecule has 1 aromatic carbocycles. The van der Waals surface area contributed by atoms with E-state index in [0.29, 0.717) is 6.54 Å². The van der Waals surface area contributed by atoms with Crippen molar-refractivity contribution in [3.63, 3.8) is 0 Å². The Morgan fingerprint density at radius 3 is 2.83 bits per heavy atom. The molecule has 8 nitrogen and oxygen atoms in total. The molecule has 0 spiro atoms. The molecule has 1 aliphatic rings. The van der Waals surface area contributed by atoms with Crippen LogP contribution in [0.4, 0.5) is 0 Å². The predicted molar refractivity (Wildman–Crippen MR) is 134 cm³/mol. The molecule has 0 saturated heterocycles. The van der Waals surface area contributed by atoms with Gasteiger partial charge in [0.25, 0.3) is 0 Å². The fourth-order valence-electron chi connectivity index (χ4n) is 4.95. The van der Waals surface area contributed by atoms with Crippen LogP contribution in [0.25, 0.3) is 11.0 Å². The van der Waals surface area contributed by atoms with E-state index in [2.05, 4.69) is 20.5 Å². The molecule has 0 bridgehead atoms. The molecular formula is C27H34N6O2. The minimum Gasteiger partial charge on any atom is -0.351 e. The molecule has 5 rings (SSSR count). The number of fused-ring (bicyclic) bond motifs is 2. The molecule has 4 aromatic rings. The van der Waals surface area contributed by atoms with Gasteiger partial charge in [-0.2, -0.15) is 0 Å². The highest BCUT2D eigenvalue weighted by atomic mass is 16.6. The van der Waals surface area contributed by atoms with E-state index in [4.69, 9.17) is 14.7 Å². The molecule has 0 saturated carbocycles. The van der Waals surface area contributed by atoms with Gasteiger partial charge >= 0.3 is 0 Å². The summed E-state index contributed by atoms with van der Waals surface area (Å²) in [5.41, 5.74) is 3.67. The fourth-order valence-corrected chi connectivity index (χ4v) is 4.95. The highest BCUT2D eigenvalue weighted by Crippen LogP contribution is 2.34. The molecule has 184 valence electrons. The molecule has 0 amide bonds. The topological polar surface area (TPSA) is 81.2 Å². The monoisotopic (exact) mass is 474 g/mol. The average molecular weight is 475 g/mol. The van der Waals surface area contributed by atoms with Crippen LogP contribution >= 0.6 is 0 Å². The Hall–Kier alpha value is -3.07. The number of aromatic nitrogens is 5. The first-order valence-corrected chi connectivity index (χ1v) is 12.3. The smallest absolute Gasteiger partial charge is 0.243 e. The van der Waals surface area contributed by atoms with Crippen LogP contribution in [0.2, 0.25) is 0 Å². The average Bonchev–Trinajstić information content (AvgIpc) is 3.48. The van der Waals surface area contributed by atoms with Crippen LogP contribution in [0.15, 0.2) is 61.3 Å². The Morgan fingerprint density at radius 1 is 1.17 bits per heavy atom. The van der Waals surface area contributed by atoms with Gasteiger partial charge in [0.15, 0.2) is 0 Å². The van der Waals surface area contributed by atoms with Crippen molar-refractivity contribution in [3.8, 4) is 0 Å². The number of benzene rings is 1. The molecule has 8 heteroatoms. The summed E-state index contributed by atoms with van der Waals surface area (Å²) in [4.78, 5) is 16.4. The van der Waals surface area contributed by atoms with Gasteiger partial charge in [0.1, 0.15) is 5.82 Å². The molecule has 1 aliphatic carbocycles. The van der Waals surface area contributed by atoms with E-state index < -0.39 is 12.0 Å². The first-order chi connectivity index (χ1) is 16.9. The number of pyridine rings is 1. The van der Waals surface area contributed by atoms with Crippen molar-refractivity contribution in [2.75, 3.05) is 6.54 Å². The van der Waals surface area contributed by atoms with Crippen molar-refractivity contribution in [1.82, 2.24) is 29.0 Å². The van der Waals surface area contributed by atoms with E-state index in [1.54, 1.807) is 6.20 Å². The number of aliphatic hydroxyl groups is 1. The quantitative estimate of drug-likeness (QED) is 0.380. The van der Waals surface area contributed by atoms with E-state index in [0.717, 1.165) is 54.9 Å². The highest BCUT2D eigenvalue weighted by molar-refractivity contribution is 5.76. The first-order valence-electron chi connectivity index (χ1n) is 12.3. The van der Waals surface area contributed by atoms with Crippen molar-refractivity contribution in [1.29, 1.82) is 0 Å². The second-order valence-electron chi connectivity index (χ2n) is 10.2. The summed E-state index contributed by atoms with van der Waals surface area (Å²) < 4.78 is 9.89. The fraction of sp³-hybridized carbons (Fsp3) is 0.444. The first kappa shape index (κ1) is 23.7. The molecule has 3 heterocycles. The van der Waals surface area contributed by atoms with Gasteiger partial charge in [0.05, 0.1) is 41.2 Å². The van der Waals surface area contributed by atoms with Crippen molar-refractivity contribution >= 4 is 11.0 Å². The lowest BCUT2D eigenvalue weighted by molar-refractivity contribution is -0.209. The van der Waals surface area contributed by atoms with Crippen LogP contribution in [0.1, 0.15) is 63.2 Å². The lowest BCUT2D eigenvalue weighted by Crippen LogP contribution is -2.35. The SMILES string of the molecule is CC(C)(C)OC(O)n1c(CN(CCn2ccnc2)C2CCCc3cccnc32)nc2ccccc21. The Bertz CT molecular complexity index is 1260. The Labute approximate surface area is 206 Å². The van der Waals surface area contributed by atoms with Gasteiger partial charge in [0.2, 0.25) is 6.41 Å². The number of aryl methyl sites for hydroxylation is 1. The highest BCUT2D eigenvalue weighted by Gasteiger charge is 2.30. The van der Waals surface area contributed by atoms with Gasteiger partial charge < -0.3 is 14.4 Å². The third-order valence-corrected chi connectivity index (χ3v) is 6.50. The second kappa shape index (κ2) is 9.89. The number of imidazole rings is 2. The zero-order chi connectivity index (χ0) is 24.4. The summed E-state index contributed by atoms with van der Waals surface area (Å²) in [6, 6.07) is 12.3.